The maximum absolute atomic E-state index is 13.3. The van der Waals surface area contributed by atoms with Gasteiger partial charge in [0.15, 0.2) is 23.0 Å². The number of benzene rings is 2. The molecule has 1 heterocycles. The molecule has 1 aliphatic rings. The minimum Gasteiger partial charge on any atom is -0.490 e. The van der Waals surface area contributed by atoms with E-state index >= 15 is 0 Å². The average molecular weight is 415 g/mol. The quantitative estimate of drug-likeness (QED) is 0.577. The molecule has 1 aliphatic heterocycles. The second kappa shape index (κ2) is 10.1. The van der Waals surface area contributed by atoms with Gasteiger partial charge in [0, 0.05) is 18.7 Å². The van der Waals surface area contributed by atoms with E-state index in [1.165, 1.54) is 0 Å². The van der Waals surface area contributed by atoms with Crippen molar-refractivity contribution in [3.05, 3.63) is 41.5 Å². The number of hydrogen-bond donors (Lipinski definition) is 0. The summed E-state index contributed by atoms with van der Waals surface area (Å²) < 4.78 is 28.0. The molecule has 0 aromatic heterocycles. The van der Waals surface area contributed by atoms with Crippen LogP contribution in [-0.4, -0.2) is 44.0 Å². The Labute approximate surface area is 177 Å². The summed E-state index contributed by atoms with van der Waals surface area (Å²) in [6.07, 6.45) is 0. The highest BCUT2D eigenvalue weighted by Crippen LogP contribution is 2.39. The number of hydrogen-bond acceptors (Lipinski definition) is 6. The van der Waals surface area contributed by atoms with Crippen molar-refractivity contribution >= 4 is 5.91 Å². The van der Waals surface area contributed by atoms with Crippen LogP contribution in [0.4, 0.5) is 0 Å². The summed E-state index contributed by atoms with van der Waals surface area (Å²) in [4.78, 5) is 15.1. The van der Waals surface area contributed by atoms with Crippen molar-refractivity contribution in [1.82, 2.24) is 4.90 Å². The van der Waals surface area contributed by atoms with Gasteiger partial charge < -0.3 is 28.6 Å². The van der Waals surface area contributed by atoms with Gasteiger partial charge in [-0.25, -0.2) is 0 Å². The Bertz CT molecular complexity index is 855. The number of nitrogens with zero attached hydrogens (tertiary/aromatic N) is 1. The zero-order chi connectivity index (χ0) is 21.5. The monoisotopic (exact) mass is 415 g/mol. The van der Waals surface area contributed by atoms with Crippen LogP contribution in [0.3, 0.4) is 0 Å². The third kappa shape index (κ3) is 4.72. The molecule has 0 unspecified atom stereocenters. The van der Waals surface area contributed by atoms with Gasteiger partial charge in [0.05, 0.1) is 19.8 Å². The summed E-state index contributed by atoms with van der Waals surface area (Å²) in [7, 11) is 0. The Hall–Kier alpha value is -3.09. The molecule has 1 amide bonds. The zero-order valence-corrected chi connectivity index (χ0v) is 18.0. The molecule has 3 rings (SSSR count). The van der Waals surface area contributed by atoms with E-state index in [0.29, 0.717) is 61.5 Å². The normalized spacial score (nSPS) is 11.9. The Morgan fingerprint density at radius 1 is 0.900 bits per heavy atom. The first-order chi connectivity index (χ1) is 14.6. The lowest BCUT2D eigenvalue weighted by Gasteiger charge is -2.23. The minimum atomic E-state index is -0.111. The standard InChI is InChI=1S/C23H29NO6/c1-5-24(14-16-9-10-18-19(11-16)30-15-29-18)23(25)17-12-20(26-6-2)22(28-8-4)21(13-17)27-7-3/h9-13H,5-8,14-15H2,1-4H3. The van der Waals surface area contributed by atoms with Crippen molar-refractivity contribution < 1.29 is 28.5 Å². The largest absolute Gasteiger partial charge is 0.490 e. The molecule has 0 bridgehead atoms. The van der Waals surface area contributed by atoms with Crippen molar-refractivity contribution in [3.8, 4) is 28.7 Å². The van der Waals surface area contributed by atoms with Crippen LogP contribution in [0.2, 0.25) is 0 Å². The highest BCUT2D eigenvalue weighted by Gasteiger charge is 2.22. The predicted octanol–water partition coefficient (Wildman–Crippen LogP) is 4.27. The van der Waals surface area contributed by atoms with E-state index < -0.39 is 0 Å². The molecule has 0 N–H and O–H groups in total. The summed E-state index contributed by atoms with van der Waals surface area (Å²) >= 11 is 0. The summed E-state index contributed by atoms with van der Waals surface area (Å²) in [6.45, 7) is 10.2. The van der Waals surface area contributed by atoms with Crippen LogP contribution in [0.15, 0.2) is 30.3 Å². The van der Waals surface area contributed by atoms with Gasteiger partial charge in [-0.2, -0.15) is 0 Å². The van der Waals surface area contributed by atoms with Crippen molar-refractivity contribution in [1.29, 1.82) is 0 Å². The fourth-order valence-corrected chi connectivity index (χ4v) is 3.28. The number of fused-ring (bicyclic) bond motifs is 1. The van der Waals surface area contributed by atoms with E-state index in [-0.39, 0.29) is 12.7 Å². The van der Waals surface area contributed by atoms with Crippen LogP contribution in [0.25, 0.3) is 0 Å². The van der Waals surface area contributed by atoms with E-state index in [0.717, 1.165) is 11.3 Å². The van der Waals surface area contributed by atoms with Gasteiger partial charge in [-0.1, -0.05) is 6.07 Å². The Balaban J connectivity index is 1.88. The Kier molecular flexibility index (Phi) is 7.27. The second-order valence-electron chi connectivity index (χ2n) is 6.61. The van der Waals surface area contributed by atoms with E-state index in [1.807, 2.05) is 45.9 Å². The molecule has 0 saturated heterocycles. The van der Waals surface area contributed by atoms with Gasteiger partial charge in [0.25, 0.3) is 5.91 Å². The predicted molar refractivity (Wildman–Crippen MR) is 113 cm³/mol. The van der Waals surface area contributed by atoms with Gasteiger partial charge in [0.1, 0.15) is 0 Å². The van der Waals surface area contributed by atoms with Gasteiger partial charge in [-0.3, -0.25) is 4.79 Å². The highest BCUT2D eigenvalue weighted by molar-refractivity contribution is 5.95. The molecule has 0 fully saturated rings. The average Bonchev–Trinajstić information content (AvgIpc) is 3.22. The van der Waals surface area contributed by atoms with Gasteiger partial charge in [-0.15, -0.1) is 0 Å². The lowest BCUT2D eigenvalue weighted by molar-refractivity contribution is 0.0751. The van der Waals surface area contributed by atoms with Crippen molar-refractivity contribution in [2.45, 2.75) is 34.2 Å². The molecule has 0 saturated carbocycles. The van der Waals surface area contributed by atoms with Gasteiger partial charge in [-0.05, 0) is 57.5 Å². The maximum atomic E-state index is 13.3. The molecule has 7 heteroatoms. The van der Waals surface area contributed by atoms with E-state index in [4.69, 9.17) is 23.7 Å². The SMILES string of the molecule is CCOc1cc(C(=O)N(CC)Cc2ccc3c(c2)OCO3)cc(OCC)c1OCC. The smallest absolute Gasteiger partial charge is 0.254 e. The molecule has 7 nitrogen and oxygen atoms in total. The van der Waals surface area contributed by atoms with Gasteiger partial charge >= 0.3 is 0 Å². The van der Waals surface area contributed by atoms with Crippen LogP contribution >= 0.6 is 0 Å². The van der Waals surface area contributed by atoms with E-state index in [1.54, 1.807) is 17.0 Å². The number of amides is 1. The third-order valence-electron chi connectivity index (χ3n) is 4.64. The first kappa shape index (κ1) is 21.6. The molecule has 30 heavy (non-hydrogen) atoms. The Morgan fingerprint density at radius 3 is 2.13 bits per heavy atom. The summed E-state index contributed by atoms with van der Waals surface area (Å²) in [5.41, 5.74) is 1.46. The molecule has 2 aromatic rings. The van der Waals surface area contributed by atoms with Crippen LogP contribution in [0.1, 0.15) is 43.6 Å². The number of carbonyl (C=O) groups is 1. The molecular weight excluding hydrogens is 386 g/mol. The van der Waals surface area contributed by atoms with Crippen molar-refractivity contribution in [2.75, 3.05) is 33.2 Å². The fourth-order valence-electron chi connectivity index (χ4n) is 3.28. The number of ether oxygens (including phenoxy) is 5. The van der Waals surface area contributed by atoms with Gasteiger partial charge in [0.2, 0.25) is 12.5 Å². The summed E-state index contributed by atoms with van der Waals surface area (Å²) in [5.74, 6) is 2.86. The minimum absolute atomic E-state index is 0.111. The second-order valence-corrected chi connectivity index (χ2v) is 6.61. The molecule has 0 aliphatic carbocycles. The van der Waals surface area contributed by atoms with Crippen LogP contribution in [-0.2, 0) is 6.54 Å². The van der Waals surface area contributed by atoms with Crippen LogP contribution in [0, 0.1) is 0 Å². The molecule has 0 radical (unpaired) electrons. The third-order valence-corrected chi connectivity index (χ3v) is 4.64. The van der Waals surface area contributed by atoms with E-state index in [9.17, 15) is 4.79 Å². The van der Waals surface area contributed by atoms with Crippen LogP contribution in [0.5, 0.6) is 28.7 Å². The molecule has 162 valence electrons. The zero-order valence-electron chi connectivity index (χ0n) is 18.0. The molecule has 2 aromatic carbocycles. The fraction of sp³-hybridized carbons (Fsp3) is 0.435. The van der Waals surface area contributed by atoms with Crippen molar-refractivity contribution in [2.24, 2.45) is 0 Å². The molecule has 0 spiro atoms. The molecule has 0 atom stereocenters. The van der Waals surface area contributed by atoms with E-state index in [2.05, 4.69) is 0 Å². The first-order valence-corrected chi connectivity index (χ1v) is 10.3. The first-order valence-electron chi connectivity index (χ1n) is 10.3. The summed E-state index contributed by atoms with van der Waals surface area (Å²) in [5, 5.41) is 0. The Morgan fingerprint density at radius 2 is 1.53 bits per heavy atom. The lowest BCUT2D eigenvalue weighted by atomic mass is 10.1. The maximum Gasteiger partial charge on any atom is 0.254 e. The lowest BCUT2D eigenvalue weighted by Crippen LogP contribution is -2.30. The summed E-state index contributed by atoms with van der Waals surface area (Å²) in [6, 6.07) is 9.17. The topological polar surface area (TPSA) is 66.5 Å². The number of carbonyl (C=O) groups excluding carboxylic acids is 1. The van der Waals surface area contributed by atoms with Crippen LogP contribution < -0.4 is 23.7 Å². The molecular formula is C23H29NO6. The number of rotatable bonds is 10. The van der Waals surface area contributed by atoms with Crippen molar-refractivity contribution in [3.63, 3.8) is 0 Å². The highest BCUT2D eigenvalue weighted by atomic mass is 16.7.